The monoisotopic (exact) mass is 432 g/mol. The number of likely N-dealkylation sites (tertiary alicyclic amines) is 1. The van der Waals surface area contributed by atoms with Gasteiger partial charge in [-0.05, 0) is 62.5 Å². The van der Waals surface area contributed by atoms with Crippen molar-refractivity contribution in [3.63, 3.8) is 0 Å². The number of hydrogen-bond donors (Lipinski definition) is 1. The second-order valence-corrected chi connectivity index (χ2v) is 9.05. The van der Waals surface area contributed by atoms with E-state index in [2.05, 4.69) is 30.9 Å². The number of aromatic nitrogens is 3. The van der Waals surface area contributed by atoms with Crippen LogP contribution in [0.15, 0.2) is 33.5 Å². The molecule has 1 aromatic carbocycles. The minimum Gasteiger partial charge on any atom is -0.303 e. The molecule has 27 heavy (non-hydrogen) atoms. The van der Waals surface area contributed by atoms with E-state index in [4.69, 9.17) is 0 Å². The molecule has 0 amide bonds. The topological polar surface area (TPSA) is 53.9 Å². The first-order chi connectivity index (χ1) is 13.2. The molecule has 1 aromatic heterocycles. The fourth-order valence-corrected chi connectivity index (χ4v) is 4.87. The summed E-state index contributed by atoms with van der Waals surface area (Å²) < 4.78 is 2.49. The molecule has 0 radical (unpaired) electrons. The standard InChI is InChI=1S/C21H29BrN4O/c22-18-8-10-19(11-9-18)26-21(27)23-20(24-26)17-7-4-13-25(15-17)14-12-16-5-2-1-3-6-16/h8-11,16-17H,1-7,12-15H2,(H,23,24,27). The fraction of sp³-hybridized carbons (Fsp3) is 0.619. The molecule has 0 spiro atoms. The number of hydrogen-bond acceptors (Lipinski definition) is 3. The summed E-state index contributed by atoms with van der Waals surface area (Å²) >= 11 is 3.43. The largest absolute Gasteiger partial charge is 0.348 e. The Labute approximate surface area is 169 Å². The third kappa shape index (κ3) is 4.72. The van der Waals surface area contributed by atoms with E-state index in [1.165, 1.54) is 62.7 Å². The third-order valence-corrected chi connectivity index (χ3v) is 6.71. The van der Waals surface area contributed by atoms with E-state index in [-0.39, 0.29) is 5.69 Å². The van der Waals surface area contributed by atoms with Crippen LogP contribution in [0.2, 0.25) is 0 Å². The van der Waals surface area contributed by atoms with Gasteiger partial charge in [0.15, 0.2) is 0 Å². The Kier molecular flexibility index (Phi) is 6.13. The van der Waals surface area contributed by atoms with Gasteiger partial charge < -0.3 is 4.90 Å². The number of benzene rings is 1. The number of nitrogens with zero attached hydrogens (tertiary/aromatic N) is 3. The maximum atomic E-state index is 12.4. The smallest absolute Gasteiger partial charge is 0.303 e. The molecule has 1 saturated heterocycles. The zero-order valence-electron chi connectivity index (χ0n) is 15.9. The average molecular weight is 433 g/mol. The minimum absolute atomic E-state index is 0.147. The lowest BCUT2D eigenvalue weighted by Crippen LogP contribution is -2.36. The highest BCUT2D eigenvalue weighted by Gasteiger charge is 2.25. The molecule has 2 aliphatic rings. The summed E-state index contributed by atoms with van der Waals surface area (Å²) in [5, 5.41) is 4.62. The van der Waals surface area contributed by atoms with E-state index >= 15 is 0 Å². The summed E-state index contributed by atoms with van der Waals surface area (Å²) in [5.74, 6) is 2.09. The first kappa shape index (κ1) is 18.9. The number of aromatic amines is 1. The van der Waals surface area contributed by atoms with Crippen LogP contribution in [0.5, 0.6) is 0 Å². The average Bonchev–Trinajstić information content (AvgIpc) is 3.10. The number of nitrogens with one attached hydrogen (secondary N) is 1. The van der Waals surface area contributed by atoms with Crippen molar-refractivity contribution in [2.24, 2.45) is 5.92 Å². The Morgan fingerprint density at radius 2 is 1.85 bits per heavy atom. The number of H-pyrrole nitrogens is 1. The maximum absolute atomic E-state index is 12.4. The number of halogens is 1. The van der Waals surface area contributed by atoms with Crippen LogP contribution in [0.1, 0.15) is 63.1 Å². The Hall–Kier alpha value is -1.40. The van der Waals surface area contributed by atoms with Gasteiger partial charge in [0.1, 0.15) is 5.82 Å². The van der Waals surface area contributed by atoms with Crippen LogP contribution in [0.4, 0.5) is 0 Å². The fourth-order valence-electron chi connectivity index (χ4n) is 4.60. The molecule has 4 rings (SSSR count). The third-order valence-electron chi connectivity index (χ3n) is 6.18. The predicted octanol–water partition coefficient (Wildman–Crippen LogP) is 4.47. The van der Waals surface area contributed by atoms with E-state index < -0.39 is 0 Å². The van der Waals surface area contributed by atoms with Gasteiger partial charge in [-0.15, -0.1) is 5.10 Å². The summed E-state index contributed by atoms with van der Waals surface area (Å²) in [7, 11) is 0. The van der Waals surface area contributed by atoms with Crippen molar-refractivity contribution in [1.29, 1.82) is 0 Å². The van der Waals surface area contributed by atoms with Gasteiger partial charge in [-0.1, -0.05) is 48.0 Å². The van der Waals surface area contributed by atoms with Gasteiger partial charge in [-0.3, -0.25) is 4.98 Å². The lowest BCUT2D eigenvalue weighted by molar-refractivity contribution is 0.182. The summed E-state index contributed by atoms with van der Waals surface area (Å²) in [5.41, 5.74) is 0.655. The van der Waals surface area contributed by atoms with E-state index in [0.717, 1.165) is 34.9 Å². The Balaban J connectivity index is 1.40. The van der Waals surface area contributed by atoms with Crippen molar-refractivity contribution < 1.29 is 0 Å². The highest BCUT2D eigenvalue weighted by molar-refractivity contribution is 9.10. The molecule has 1 saturated carbocycles. The first-order valence-electron chi connectivity index (χ1n) is 10.4. The minimum atomic E-state index is -0.147. The summed E-state index contributed by atoms with van der Waals surface area (Å²) in [6, 6.07) is 7.69. The Bertz CT molecular complexity index is 791. The van der Waals surface area contributed by atoms with Crippen LogP contribution in [0.25, 0.3) is 5.69 Å². The van der Waals surface area contributed by atoms with E-state index in [9.17, 15) is 4.79 Å². The van der Waals surface area contributed by atoms with Crippen molar-refractivity contribution in [2.75, 3.05) is 19.6 Å². The quantitative estimate of drug-likeness (QED) is 0.757. The van der Waals surface area contributed by atoms with Crippen molar-refractivity contribution >= 4 is 15.9 Å². The highest BCUT2D eigenvalue weighted by Crippen LogP contribution is 2.28. The molecule has 1 aliphatic heterocycles. The van der Waals surface area contributed by atoms with Crippen LogP contribution in [-0.2, 0) is 0 Å². The van der Waals surface area contributed by atoms with E-state index in [1.807, 2.05) is 24.3 Å². The number of rotatable bonds is 5. The molecular weight excluding hydrogens is 404 g/mol. The van der Waals surface area contributed by atoms with Crippen molar-refractivity contribution in [3.05, 3.63) is 45.0 Å². The zero-order valence-corrected chi connectivity index (χ0v) is 17.5. The van der Waals surface area contributed by atoms with Gasteiger partial charge >= 0.3 is 5.69 Å². The Morgan fingerprint density at radius 1 is 1.07 bits per heavy atom. The second kappa shape index (κ2) is 8.74. The summed E-state index contributed by atoms with van der Waals surface area (Å²) in [4.78, 5) is 18.0. The maximum Gasteiger partial charge on any atom is 0.348 e. The molecule has 146 valence electrons. The SMILES string of the molecule is O=c1[nH]c(C2CCCN(CCC3CCCCC3)C2)nn1-c1ccc(Br)cc1. The molecule has 1 N–H and O–H groups in total. The summed E-state index contributed by atoms with van der Waals surface area (Å²) in [6.45, 7) is 3.39. The van der Waals surface area contributed by atoms with E-state index in [0.29, 0.717) is 5.92 Å². The van der Waals surface area contributed by atoms with Crippen molar-refractivity contribution in [1.82, 2.24) is 19.7 Å². The lowest BCUT2D eigenvalue weighted by Gasteiger charge is -2.33. The van der Waals surface area contributed by atoms with Gasteiger partial charge in [0.2, 0.25) is 0 Å². The lowest BCUT2D eigenvalue weighted by atomic mass is 9.86. The molecular formula is C21H29BrN4O. The molecule has 1 atom stereocenters. The molecule has 2 fully saturated rings. The Morgan fingerprint density at radius 3 is 2.63 bits per heavy atom. The van der Waals surface area contributed by atoms with Gasteiger partial charge in [0.25, 0.3) is 0 Å². The molecule has 1 aliphatic carbocycles. The normalized spacial score (nSPS) is 22.2. The van der Waals surface area contributed by atoms with Crippen molar-refractivity contribution in [2.45, 2.75) is 57.3 Å². The second-order valence-electron chi connectivity index (χ2n) is 8.14. The van der Waals surface area contributed by atoms with Crippen molar-refractivity contribution in [3.8, 4) is 5.69 Å². The van der Waals surface area contributed by atoms with Gasteiger partial charge in [-0.2, -0.15) is 4.68 Å². The van der Waals surface area contributed by atoms with Crippen LogP contribution in [-0.4, -0.2) is 39.3 Å². The molecule has 1 unspecified atom stereocenters. The first-order valence-corrected chi connectivity index (χ1v) is 11.2. The van der Waals surface area contributed by atoms with E-state index in [1.54, 1.807) is 0 Å². The molecule has 2 aromatic rings. The van der Waals surface area contributed by atoms with Gasteiger partial charge in [-0.25, -0.2) is 4.79 Å². The predicted molar refractivity (Wildman–Crippen MR) is 111 cm³/mol. The molecule has 6 heteroatoms. The van der Waals surface area contributed by atoms with Crippen LogP contribution < -0.4 is 5.69 Å². The zero-order chi connectivity index (χ0) is 18.6. The van der Waals surface area contributed by atoms with Crippen LogP contribution >= 0.6 is 15.9 Å². The van der Waals surface area contributed by atoms with Crippen LogP contribution in [0, 0.1) is 5.92 Å². The van der Waals surface area contributed by atoms with Gasteiger partial charge in [0.05, 0.1) is 5.69 Å². The molecule has 0 bridgehead atoms. The van der Waals surface area contributed by atoms with Gasteiger partial charge in [0, 0.05) is 16.9 Å². The molecule has 2 heterocycles. The number of piperidine rings is 1. The summed E-state index contributed by atoms with van der Waals surface area (Å²) in [6.07, 6.45) is 10.7. The molecule has 5 nitrogen and oxygen atoms in total. The van der Waals surface area contributed by atoms with Crippen LogP contribution in [0.3, 0.4) is 0 Å². The highest BCUT2D eigenvalue weighted by atomic mass is 79.9.